The van der Waals surface area contributed by atoms with Crippen LogP contribution in [0.5, 0.6) is 11.5 Å². The van der Waals surface area contributed by atoms with E-state index in [1.54, 1.807) is 14.2 Å². The molecule has 2 aromatic carbocycles. The number of carbonyl (C=O) groups is 1. The highest BCUT2D eigenvalue weighted by atomic mass is 16.5. The summed E-state index contributed by atoms with van der Waals surface area (Å²) in [4.78, 5) is 22.9. The van der Waals surface area contributed by atoms with Crippen molar-refractivity contribution in [1.29, 1.82) is 0 Å². The molecule has 0 spiro atoms. The SMILES string of the molecule is C=C(C(=O)N1CCc2c(CN3CCN(Cc4c(OC)cc(C5=CN(C)C(=C)C(C)=C5C)cc4OC)CC3C)cccc2C1C)C(C)C(C)(C)C. The van der Waals surface area contributed by atoms with E-state index in [2.05, 4.69) is 120 Å². The predicted molar refractivity (Wildman–Crippen MR) is 206 cm³/mol. The van der Waals surface area contributed by atoms with Gasteiger partial charge in [-0.1, -0.05) is 59.1 Å². The highest BCUT2D eigenvalue weighted by Crippen LogP contribution is 2.40. The summed E-state index contributed by atoms with van der Waals surface area (Å²) >= 11 is 0. The van der Waals surface area contributed by atoms with E-state index in [0.29, 0.717) is 11.6 Å². The maximum absolute atomic E-state index is 13.6. The fourth-order valence-electron chi connectivity index (χ4n) is 7.79. The second-order valence-electron chi connectivity index (χ2n) is 15.8. The lowest BCUT2D eigenvalue weighted by Gasteiger charge is -2.42. The minimum absolute atomic E-state index is 0.00268. The van der Waals surface area contributed by atoms with Gasteiger partial charge in [0.25, 0.3) is 0 Å². The molecule has 5 rings (SSSR count). The van der Waals surface area contributed by atoms with Gasteiger partial charge in [-0.05, 0) is 91.0 Å². The summed E-state index contributed by atoms with van der Waals surface area (Å²) in [6.45, 7) is 31.2. The van der Waals surface area contributed by atoms with Crippen LogP contribution in [0.1, 0.15) is 89.2 Å². The molecule has 0 aliphatic carbocycles. The number of ether oxygens (including phenoxy) is 2. The molecule has 0 N–H and O–H groups in total. The van der Waals surface area contributed by atoms with E-state index in [4.69, 9.17) is 9.47 Å². The third-order valence-electron chi connectivity index (χ3n) is 11.9. The van der Waals surface area contributed by atoms with E-state index in [1.807, 2.05) is 11.9 Å². The van der Waals surface area contributed by atoms with Crippen molar-refractivity contribution in [2.24, 2.45) is 11.3 Å². The van der Waals surface area contributed by atoms with Crippen LogP contribution in [0.2, 0.25) is 0 Å². The van der Waals surface area contributed by atoms with Gasteiger partial charge in [0.2, 0.25) is 5.91 Å². The standard InChI is InChI=1S/C43H60N4O3/c1-27-23-45(26-39-40(49-12)21-35(22-41(39)50-13)38-25-44(11)32(6)28(2)29(38)3)19-20-46(27)24-34-15-14-16-36-33(7)47(18-17-37(34)36)42(48)30(4)31(5)43(8,9)10/h14-16,21-22,25,27,31,33H,4,6,17-20,23-24,26H2,1-3,5,7-13H3. The minimum atomic E-state index is -0.00268. The Morgan fingerprint density at radius 1 is 1.00 bits per heavy atom. The molecule has 7 heteroatoms. The van der Waals surface area contributed by atoms with E-state index < -0.39 is 0 Å². The number of nitrogens with zero attached hydrogens (tertiary/aromatic N) is 4. The van der Waals surface area contributed by atoms with E-state index in [0.717, 1.165) is 79.6 Å². The maximum Gasteiger partial charge on any atom is 0.249 e. The summed E-state index contributed by atoms with van der Waals surface area (Å²) in [7, 11) is 5.54. The number of hydrogen-bond donors (Lipinski definition) is 0. The highest BCUT2D eigenvalue weighted by Gasteiger charge is 2.35. The molecule has 2 aromatic rings. The van der Waals surface area contributed by atoms with Crippen molar-refractivity contribution < 1.29 is 14.3 Å². The van der Waals surface area contributed by atoms with Crippen LogP contribution in [-0.4, -0.2) is 79.0 Å². The van der Waals surface area contributed by atoms with Crippen LogP contribution in [-0.2, 0) is 24.3 Å². The number of allylic oxidation sites excluding steroid dienone is 3. The Balaban J connectivity index is 1.28. The Morgan fingerprint density at radius 3 is 2.26 bits per heavy atom. The van der Waals surface area contributed by atoms with Gasteiger partial charge in [0.15, 0.2) is 0 Å². The number of fused-ring (bicyclic) bond motifs is 1. The molecule has 3 heterocycles. The van der Waals surface area contributed by atoms with Gasteiger partial charge >= 0.3 is 0 Å². The number of rotatable bonds is 9. The molecule has 50 heavy (non-hydrogen) atoms. The molecule has 1 amide bonds. The van der Waals surface area contributed by atoms with Crippen LogP contribution in [0.25, 0.3) is 5.57 Å². The number of carbonyl (C=O) groups excluding carboxylic acids is 1. The Kier molecular flexibility index (Phi) is 11.1. The van der Waals surface area contributed by atoms with E-state index in [-0.39, 0.29) is 23.3 Å². The molecular weight excluding hydrogens is 620 g/mol. The monoisotopic (exact) mass is 680 g/mol. The Bertz CT molecular complexity index is 1690. The molecular formula is C43H60N4O3. The van der Waals surface area contributed by atoms with E-state index in [1.165, 1.54) is 27.8 Å². The van der Waals surface area contributed by atoms with Crippen molar-refractivity contribution in [3.8, 4) is 11.5 Å². The number of piperazine rings is 1. The van der Waals surface area contributed by atoms with Crippen LogP contribution >= 0.6 is 0 Å². The zero-order chi connectivity index (χ0) is 36.7. The summed E-state index contributed by atoms with van der Waals surface area (Å²) < 4.78 is 12.0. The largest absolute Gasteiger partial charge is 0.496 e. The Morgan fingerprint density at radius 2 is 1.66 bits per heavy atom. The highest BCUT2D eigenvalue weighted by molar-refractivity contribution is 5.94. The number of benzene rings is 2. The van der Waals surface area contributed by atoms with Gasteiger partial charge < -0.3 is 19.3 Å². The normalized spacial score (nSPS) is 21.2. The lowest BCUT2D eigenvalue weighted by atomic mass is 9.77. The average molecular weight is 681 g/mol. The first-order valence-corrected chi connectivity index (χ1v) is 18.2. The third kappa shape index (κ3) is 7.31. The van der Waals surface area contributed by atoms with Crippen LogP contribution in [0, 0.1) is 11.3 Å². The lowest BCUT2D eigenvalue weighted by molar-refractivity contribution is -0.130. The summed E-state index contributed by atoms with van der Waals surface area (Å²) in [5.41, 5.74) is 11.5. The molecule has 0 aromatic heterocycles. The first-order valence-electron chi connectivity index (χ1n) is 18.2. The molecule has 270 valence electrons. The molecule has 3 aliphatic rings. The van der Waals surface area contributed by atoms with Gasteiger partial charge in [-0.3, -0.25) is 14.6 Å². The first-order chi connectivity index (χ1) is 23.6. The van der Waals surface area contributed by atoms with Gasteiger partial charge in [-0.25, -0.2) is 0 Å². The van der Waals surface area contributed by atoms with Crippen molar-refractivity contribution in [1.82, 2.24) is 19.6 Å². The van der Waals surface area contributed by atoms with Crippen molar-refractivity contribution in [2.45, 2.75) is 87.0 Å². The zero-order valence-corrected chi connectivity index (χ0v) is 32.6. The summed E-state index contributed by atoms with van der Waals surface area (Å²) in [5.74, 6) is 1.91. The molecule has 0 bridgehead atoms. The van der Waals surface area contributed by atoms with Crippen LogP contribution < -0.4 is 9.47 Å². The van der Waals surface area contributed by atoms with Crippen molar-refractivity contribution in [3.63, 3.8) is 0 Å². The lowest BCUT2D eigenvalue weighted by Crippen LogP contribution is -2.51. The summed E-state index contributed by atoms with van der Waals surface area (Å²) in [6, 6.07) is 11.4. The molecule has 3 aliphatic heterocycles. The van der Waals surface area contributed by atoms with Gasteiger partial charge in [-0.15, -0.1) is 0 Å². The van der Waals surface area contributed by atoms with E-state index in [9.17, 15) is 4.79 Å². The number of hydrogen-bond acceptors (Lipinski definition) is 6. The second kappa shape index (κ2) is 14.8. The second-order valence-corrected chi connectivity index (χ2v) is 15.8. The molecule has 3 atom stereocenters. The van der Waals surface area contributed by atoms with Crippen molar-refractivity contribution in [2.75, 3.05) is 47.4 Å². The van der Waals surface area contributed by atoms with Gasteiger partial charge in [-0.2, -0.15) is 0 Å². The third-order valence-corrected chi connectivity index (χ3v) is 11.9. The van der Waals surface area contributed by atoms with Gasteiger partial charge in [0.05, 0.1) is 25.8 Å². The fraction of sp³-hybridized carbons (Fsp3) is 0.512. The molecule has 3 unspecified atom stereocenters. The summed E-state index contributed by atoms with van der Waals surface area (Å²) in [6.07, 6.45) is 3.02. The van der Waals surface area contributed by atoms with E-state index >= 15 is 0 Å². The fourth-order valence-corrected chi connectivity index (χ4v) is 7.79. The quantitative estimate of drug-likeness (QED) is 0.249. The van der Waals surface area contributed by atoms with Crippen LogP contribution in [0.15, 0.2) is 72.1 Å². The minimum Gasteiger partial charge on any atom is -0.496 e. The average Bonchev–Trinajstić information content (AvgIpc) is 3.09. The topological polar surface area (TPSA) is 48.5 Å². The van der Waals surface area contributed by atoms with Crippen LogP contribution in [0.4, 0.5) is 0 Å². The molecule has 7 nitrogen and oxygen atoms in total. The van der Waals surface area contributed by atoms with Gasteiger partial charge in [0.1, 0.15) is 11.5 Å². The maximum atomic E-state index is 13.6. The predicted octanol–water partition coefficient (Wildman–Crippen LogP) is 8.23. The Labute approximate surface area is 301 Å². The molecule has 0 saturated carbocycles. The molecule has 1 saturated heterocycles. The smallest absolute Gasteiger partial charge is 0.249 e. The summed E-state index contributed by atoms with van der Waals surface area (Å²) in [5, 5.41) is 0. The molecule has 0 radical (unpaired) electrons. The number of methoxy groups -OCH3 is 2. The number of likely N-dealkylation sites (N-methyl/N-ethyl adjacent to an activating group) is 1. The van der Waals surface area contributed by atoms with Crippen molar-refractivity contribution in [3.05, 3.63) is 99.9 Å². The van der Waals surface area contributed by atoms with Gasteiger partial charge in [0, 0.05) is 75.4 Å². The zero-order valence-electron chi connectivity index (χ0n) is 32.6. The number of amides is 1. The molecule has 1 fully saturated rings. The van der Waals surface area contributed by atoms with Crippen molar-refractivity contribution >= 4 is 11.5 Å². The van der Waals surface area contributed by atoms with Crippen LogP contribution in [0.3, 0.4) is 0 Å². The Hall–Kier alpha value is -3.81. The first kappa shape index (κ1) is 37.4.